The third-order valence-electron chi connectivity index (χ3n) is 9.03. The van der Waals surface area contributed by atoms with Crippen LogP contribution in [-0.4, -0.2) is 76.7 Å². The van der Waals surface area contributed by atoms with Crippen LogP contribution in [-0.2, 0) is 21.2 Å². The Bertz CT molecular complexity index is 1570. The molecule has 2 aliphatic rings. The van der Waals surface area contributed by atoms with Crippen LogP contribution in [0.3, 0.4) is 0 Å². The second-order valence-corrected chi connectivity index (χ2v) is 13.8. The lowest BCUT2D eigenvalue weighted by molar-refractivity contribution is -0.138. The number of sulfone groups is 1. The van der Waals surface area contributed by atoms with Crippen LogP contribution >= 0.6 is 0 Å². The van der Waals surface area contributed by atoms with Crippen LogP contribution < -0.4 is 14.8 Å². The van der Waals surface area contributed by atoms with Crippen molar-refractivity contribution >= 4 is 21.7 Å². The van der Waals surface area contributed by atoms with E-state index in [2.05, 4.69) is 10.2 Å². The third-order valence-corrected chi connectivity index (χ3v) is 10.2. The highest BCUT2D eigenvalue weighted by Gasteiger charge is 2.47. The number of carbonyl (C=O) groups excluding carboxylic acids is 2. The van der Waals surface area contributed by atoms with Gasteiger partial charge in [-0.05, 0) is 80.2 Å². The zero-order valence-electron chi connectivity index (χ0n) is 25.6. The van der Waals surface area contributed by atoms with Gasteiger partial charge in [0.25, 0.3) is 5.91 Å². The molecule has 1 atom stereocenters. The van der Waals surface area contributed by atoms with Crippen molar-refractivity contribution in [1.82, 2.24) is 15.1 Å². The topological polar surface area (TPSA) is 105 Å². The zero-order chi connectivity index (χ0) is 31.3. The summed E-state index contributed by atoms with van der Waals surface area (Å²) in [4.78, 5) is 31.4. The van der Waals surface area contributed by atoms with E-state index < -0.39 is 9.84 Å². The van der Waals surface area contributed by atoms with Crippen molar-refractivity contribution in [1.29, 1.82) is 0 Å². The van der Waals surface area contributed by atoms with Gasteiger partial charge < -0.3 is 24.6 Å². The van der Waals surface area contributed by atoms with E-state index in [0.717, 1.165) is 56.4 Å². The summed E-state index contributed by atoms with van der Waals surface area (Å²) in [6.07, 6.45) is 4.39. The molecule has 0 saturated carbocycles. The van der Waals surface area contributed by atoms with Crippen molar-refractivity contribution in [2.24, 2.45) is 5.41 Å². The predicted octanol–water partition coefficient (Wildman–Crippen LogP) is 4.48. The Morgan fingerprint density at radius 1 is 0.909 bits per heavy atom. The van der Waals surface area contributed by atoms with Crippen molar-refractivity contribution in [3.05, 3.63) is 89.5 Å². The van der Waals surface area contributed by atoms with Crippen molar-refractivity contribution in [2.45, 2.75) is 43.2 Å². The molecule has 1 unspecified atom stereocenters. The maximum absolute atomic E-state index is 13.6. The molecule has 3 aromatic rings. The SMILES string of the molecule is COc1ccc(C(=O)NC(CCN2CCC3(CC2)CCN(Cc2ccc(S(C)(=O)=O)cc2)C3=O)c2ccccc2)cc1OC. The summed E-state index contributed by atoms with van der Waals surface area (Å²) < 4.78 is 34.3. The van der Waals surface area contributed by atoms with Crippen LogP contribution in [0.25, 0.3) is 0 Å². The van der Waals surface area contributed by atoms with Gasteiger partial charge in [0, 0.05) is 31.5 Å². The number of hydrogen-bond donors (Lipinski definition) is 1. The Morgan fingerprint density at radius 3 is 2.20 bits per heavy atom. The molecule has 44 heavy (non-hydrogen) atoms. The van der Waals surface area contributed by atoms with Gasteiger partial charge in [-0.2, -0.15) is 0 Å². The molecule has 2 saturated heterocycles. The van der Waals surface area contributed by atoms with Crippen molar-refractivity contribution in [2.75, 3.05) is 46.7 Å². The fourth-order valence-corrected chi connectivity index (χ4v) is 6.94. The van der Waals surface area contributed by atoms with Gasteiger partial charge in [0.05, 0.1) is 30.6 Å². The number of amides is 2. The Labute approximate surface area is 260 Å². The minimum Gasteiger partial charge on any atom is -0.493 e. The largest absolute Gasteiger partial charge is 0.493 e. The second kappa shape index (κ2) is 13.4. The molecule has 1 N–H and O–H groups in total. The molecule has 2 heterocycles. The Hall–Kier alpha value is -3.89. The summed E-state index contributed by atoms with van der Waals surface area (Å²) in [6.45, 7) is 3.66. The van der Waals surface area contributed by atoms with Crippen molar-refractivity contribution in [3.8, 4) is 11.5 Å². The molecule has 2 amide bonds. The number of likely N-dealkylation sites (tertiary alicyclic amines) is 2. The highest BCUT2D eigenvalue weighted by molar-refractivity contribution is 7.90. The number of piperidine rings is 1. The standard InChI is InChI=1S/C34H41N3O6S/c1-42-30-14-11-27(23-31(30)43-2)32(38)35-29(26-7-5-4-6-8-26)15-19-36-20-16-34(17-21-36)18-22-37(33(34)39)24-25-9-12-28(13-10-25)44(3,40)41/h4-14,23,29H,15-22,24H2,1-3H3,(H,35,38). The number of methoxy groups -OCH3 is 2. The van der Waals surface area contributed by atoms with E-state index in [0.29, 0.717) is 30.2 Å². The van der Waals surface area contributed by atoms with Gasteiger partial charge in [0.15, 0.2) is 21.3 Å². The first-order chi connectivity index (χ1) is 21.1. The lowest BCUT2D eigenvalue weighted by Crippen LogP contribution is -2.45. The van der Waals surface area contributed by atoms with Gasteiger partial charge in [-0.15, -0.1) is 0 Å². The number of nitrogens with one attached hydrogen (secondary N) is 1. The fourth-order valence-electron chi connectivity index (χ4n) is 6.31. The smallest absolute Gasteiger partial charge is 0.251 e. The van der Waals surface area contributed by atoms with E-state index in [-0.39, 0.29) is 28.2 Å². The van der Waals surface area contributed by atoms with Crippen molar-refractivity contribution in [3.63, 3.8) is 0 Å². The second-order valence-electron chi connectivity index (χ2n) is 11.8. The lowest BCUT2D eigenvalue weighted by Gasteiger charge is -2.38. The number of ether oxygens (including phenoxy) is 2. The van der Waals surface area contributed by atoms with Gasteiger partial charge >= 0.3 is 0 Å². The minimum atomic E-state index is -3.25. The molecule has 0 aliphatic carbocycles. The quantitative estimate of drug-likeness (QED) is 0.337. The zero-order valence-corrected chi connectivity index (χ0v) is 26.4. The molecule has 2 fully saturated rings. The summed E-state index contributed by atoms with van der Waals surface area (Å²) in [6, 6.07) is 21.8. The molecular weight excluding hydrogens is 578 g/mol. The molecular formula is C34H41N3O6S. The van der Waals surface area contributed by atoms with E-state index >= 15 is 0 Å². The monoisotopic (exact) mass is 619 g/mol. The summed E-state index contributed by atoms with van der Waals surface area (Å²) in [7, 11) is -0.138. The summed E-state index contributed by atoms with van der Waals surface area (Å²) in [5.74, 6) is 1.09. The lowest BCUT2D eigenvalue weighted by atomic mass is 9.77. The Kier molecular flexibility index (Phi) is 9.60. The highest BCUT2D eigenvalue weighted by Crippen LogP contribution is 2.42. The van der Waals surface area contributed by atoms with Crippen LogP contribution in [0.15, 0.2) is 77.7 Å². The van der Waals surface area contributed by atoms with E-state index in [1.54, 1.807) is 56.7 Å². The molecule has 3 aromatic carbocycles. The normalized spacial score (nSPS) is 17.4. The van der Waals surface area contributed by atoms with Crippen LogP contribution in [0, 0.1) is 5.41 Å². The van der Waals surface area contributed by atoms with E-state index in [9.17, 15) is 18.0 Å². The molecule has 9 nitrogen and oxygen atoms in total. The van der Waals surface area contributed by atoms with Gasteiger partial charge in [-0.25, -0.2) is 8.42 Å². The van der Waals surface area contributed by atoms with Gasteiger partial charge in [0.1, 0.15) is 0 Å². The fraction of sp³-hybridized carbons (Fsp3) is 0.412. The first-order valence-corrected chi connectivity index (χ1v) is 16.9. The molecule has 2 aliphatic heterocycles. The highest BCUT2D eigenvalue weighted by atomic mass is 32.2. The van der Waals surface area contributed by atoms with Gasteiger partial charge in [-0.3, -0.25) is 9.59 Å². The number of benzene rings is 3. The predicted molar refractivity (Wildman–Crippen MR) is 169 cm³/mol. The maximum atomic E-state index is 13.6. The Morgan fingerprint density at radius 2 is 1.57 bits per heavy atom. The molecule has 10 heteroatoms. The first kappa shape index (κ1) is 31.5. The molecule has 0 aromatic heterocycles. The van der Waals surface area contributed by atoms with Crippen LogP contribution in [0.2, 0.25) is 0 Å². The van der Waals surface area contributed by atoms with E-state index in [1.807, 2.05) is 35.2 Å². The van der Waals surface area contributed by atoms with E-state index in [1.165, 1.54) is 6.26 Å². The maximum Gasteiger partial charge on any atom is 0.251 e. The molecule has 5 rings (SSSR count). The summed E-state index contributed by atoms with van der Waals surface area (Å²) >= 11 is 0. The average molecular weight is 620 g/mol. The van der Waals surface area contributed by atoms with E-state index in [4.69, 9.17) is 9.47 Å². The number of hydrogen-bond acceptors (Lipinski definition) is 7. The number of rotatable bonds is 11. The van der Waals surface area contributed by atoms with Crippen LogP contribution in [0.1, 0.15) is 53.2 Å². The number of carbonyl (C=O) groups is 2. The Balaban J connectivity index is 1.17. The minimum absolute atomic E-state index is 0.176. The molecule has 234 valence electrons. The van der Waals surface area contributed by atoms with Crippen molar-refractivity contribution < 1.29 is 27.5 Å². The third kappa shape index (κ3) is 7.08. The summed E-state index contributed by atoms with van der Waals surface area (Å²) in [5.41, 5.74) is 2.14. The van der Waals surface area contributed by atoms with Crippen LogP contribution in [0.5, 0.6) is 11.5 Å². The number of nitrogens with zero attached hydrogens (tertiary/aromatic N) is 2. The average Bonchev–Trinajstić information content (AvgIpc) is 3.33. The molecule has 1 spiro atoms. The summed E-state index contributed by atoms with van der Waals surface area (Å²) in [5, 5.41) is 3.22. The van der Waals surface area contributed by atoms with Gasteiger partial charge in [0.2, 0.25) is 5.91 Å². The first-order valence-electron chi connectivity index (χ1n) is 15.0. The van der Waals surface area contributed by atoms with Gasteiger partial charge in [-0.1, -0.05) is 42.5 Å². The molecule has 0 radical (unpaired) electrons. The molecule has 0 bridgehead atoms. The van der Waals surface area contributed by atoms with Crippen LogP contribution in [0.4, 0.5) is 0 Å².